The van der Waals surface area contributed by atoms with Crippen molar-refractivity contribution in [2.75, 3.05) is 14.1 Å². The molecule has 0 fully saturated rings. The number of hydrogen-bond acceptors (Lipinski definition) is 3. The predicted molar refractivity (Wildman–Crippen MR) is 77.1 cm³/mol. The summed E-state index contributed by atoms with van der Waals surface area (Å²) < 4.78 is 0. The molecule has 0 aromatic heterocycles. The first-order valence-electron chi connectivity index (χ1n) is 6.54. The van der Waals surface area contributed by atoms with Gasteiger partial charge < -0.3 is 10.6 Å². The third-order valence-corrected chi connectivity index (χ3v) is 2.73. The Morgan fingerprint density at radius 1 is 1.29 bits per heavy atom. The summed E-state index contributed by atoms with van der Waals surface area (Å²) in [5, 5.41) is 6.35. The van der Waals surface area contributed by atoms with E-state index in [0.717, 1.165) is 24.4 Å². The van der Waals surface area contributed by atoms with E-state index in [1.54, 1.807) is 0 Å². The van der Waals surface area contributed by atoms with Crippen molar-refractivity contribution in [1.29, 1.82) is 0 Å². The Balaban J connectivity index is 0.00000121. The molecule has 1 atom stereocenters. The van der Waals surface area contributed by atoms with Gasteiger partial charge in [0.2, 0.25) is 0 Å². The summed E-state index contributed by atoms with van der Waals surface area (Å²) in [5.74, 6) is 1.33. The molecule has 0 saturated heterocycles. The molecule has 0 radical (unpaired) electrons. The van der Waals surface area contributed by atoms with Gasteiger partial charge in [-0.25, -0.2) is 4.99 Å². The van der Waals surface area contributed by atoms with Crippen LogP contribution in [-0.4, -0.2) is 20.3 Å². The van der Waals surface area contributed by atoms with Crippen LogP contribution >= 0.6 is 0 Å². The molecular formula is C14H27N3. The SMILES string of the molecule is CC.CCC1=CC(C)/C(NC)=C(NC)\N=C/C1. The van der Waals surface area contributed by atoms with E-state index in [9.17, 15) is 0 Å². The van der Waals surface area contributed by atoms with Crippen molar-refractivity contribution in [2.45, 2.75) is 40.5 Å². The lowest BCUT2D eigenvalue weighted by Gasteiger charge is -2.18. The molecule has 2 N–H and O–H groups in total. The van der Waals surface area contributed by atoms with Crippen LogP contribution in [0.2, 0.25) is 0 Å². The minimum absolute atomic E-state index is 0.393. The normalized spacial score (nSPS) is 25.8. The fourth-order valence-corrected chi connectivity index (χ4v) is 1.85. The molecular weight excluding hydrogens is 210 g/mol. The van der Waals surface area contributed by atoms with Crippen LogP contribution in [0.1, 0.15) is 40.5 Å². The molecule has 1 aliphatic heterocycles. The average Bonchev–Trinajstić information content (AvgIpc) is 2.36. The fourth-order valence-electron chi connectivity index (χ4n) is 1.85. The summed E-state index contributed by atoms with van der Waals surface area (Å²) in [4.78, 5) is 4.44. The summed E-state index contributed by atoms with van der Waals surface area (Å²) in [5.41, 5.74) is 2.61. The highest BCUT2D eigenvalue weighted by atomic mass is 15.0. The fraction of sp³-hybridized carbons (Fsp3) is 0.643. The first-order valence-corrected chi connectivity index (χ1v) is 6.54. The molecule has 1 aliphatic rings. The van der Waals surface area contributed by atoms with E-state index in [1.807, 2.05) is 34.2 Å². The highest BCUT2D eigenvalue weighted by Gasteiger charge is 2.12. The predicted octanol–water partition coefficient (Wildman–Crippen LogP) is 3.07. The first kappa shape index (κ1) is 15.8. The number of aliphatic imine (C=N–C) groups is 1. The molecule has 1 rings (SSSR count). The summed E-state index contributed by atoms with van der Waals surface area (Å²) in [6.45, 7) is 8.38. The molecule has 0 spiro atoms. The van der Waals surface area contributed by atoms with Crippen LogP contribution in [0, 0.1) is 5.92 Å². The highest BCUT2D eigenvalue weighted by molar-refractivity contribution is 5.63. The van der Waals surface area contributed by atoms with Crippen molar-refractivity contribution >= 4 is 6.21 Å². The lowest BCUT2D eigenvalue weighted by Crippen LogP contribution is -2.21. The van der Waals surface area contributed by atoms with Crippen molar-refractivity contribution in [3.63, 3.8) is 0 Å². The Labute approximate surface area is 106 Å². The van der Waals surface area contributed by atoms with Crippen molar-refractivity contribution in [2.24, 2.45) is 10.9 Å². The van der Waals surface area contributed by atoms with Crippen LogP contribution < -0.4 is 10.6 Å². The molecule has 0 aliphatic carbocycles. The van der Waals surface area contributed by atoms with E-state index in [2.05, 4.69) is 35.5 Å². The summed E-state index contributed by atoms with van der Waals surface area (Å²) in [7, 11) is 3.85. The maximum atomic E-state index is 4.44. The van der Waals surface area contributed by atoms with Gasteiger partial charge in [0.1, 0.15) is 5.82 Å². The molecule has 0 amide bonds. The van der Waals surface area contributed by atoms with Crippen LogP contribution in [-0.2, 0) is 0 Å². The second kappa shape index (κ2) is 8.85. The molecule has 0 aromatic rings. The minimum Gasteiger partial charge on any atom is -0.388 e. The van der Waals surface area contributed by atoms with Crippen molar-refractivity contribution in [3.05, 3.63) is 23.2 Å². The van der Waals surface area contributed by atoms with Gasteiger partial charge in [-0.15, -0.1) is 0 Å². The molecule has 3 heteroatoms. The quantitative estimate of drug-likeness (QED) is 0.740. The monoisotopic (exact) mass is 237 g/mol. The smallest absolute Gasteiger partial charge is 0.145 e. The second-order valence-corrected chi connectivity index (χ2v) is 3.75. The Morgan fingerprint density at radius 2 is 1.94 bits per heavy atom. The van der Waals surface area contributed by atoms with Gasteiger partial charge in [0, 0.05) is 32.6 Å². The van der Waals surface area contributed by atoms with Crippen LogP contribution in [0.4, 0.5) is 0 Å². The van der Waals surface area contributed by atoms with Crippen molar-refractivity contribution in [1.82, 2.24) is 10.6 Å². The average molecular weight is 237 g/mol. The standard InChI is InChI=1S/C12H21N3.C2H6/c1-5-10-6-7-15-12(14-4)11(13-3)9(2)8-10;1-2/h7-9,13-14H,5-6H2,1-4H3;1-2H3/b10-8?,12-11+,15-7-;. The van der Waals surface area contributed by atoms with Gasteiger partial charge in [0.05, 0.1) is 5.70 Å². The maximum Gasteiger partial charge on any atom is 0.145 e. The zero-order valence-corrected chi connectivity index (χ0v) is 12.1. The van der Waals surface area contributed by atoms with Gasteiger partial charge in [-0.2, -0.15) is 0 Å². The lowest BCUT2D eigenvalue weighted by atomic mass is 9.99. The molecule has 17 heavy (non-hydrogen) atoms. The van der Waals surface area contributed by atoms with E-state index >= 15 is 0 Å². The number of rotatable bonds is 3. The molecule has 1 unspecified atom stereocenters. The van der Waals surface area contributed by atoms with Crippen LogP contribution in [0.3, 0.4) is 0 Å². The summed E-state index contributed by atoms with van der Waals surface area (Å²) >= 11 is 0. The van der Waals surface area contributed by atoms with Gasteiger partial charge >= 0.3 is 0 Å². The zero-order chi connectivity index (χ0) is 13.3. The number of nitrogens with zero attached hydrogens (tertiary/aromatic N) is 1. The Kier molecular flexibility index (Phi) is 8.20. The van der Waals surface area contributed by atoms with Gasteiger partial charge in [-0.1, -0.05) is 39.3 Å². The van der Waals surface area contributed by atoms with Crippen LogP contribution in [0.5, 0.6) is 0 Å². The molecule has 0 bridgehead atoms. The molecule has 1 heterocycles. The van der Waals surface area contributed by atoms with E-state index in [4.69, 9.17) is 0 Å². The van der Waals surface area contributed by atoms with E-state index < -0.39 is 0 Å². The lowest BCUT2D eigenvalue weighted by molar-refractivity contribution is 0.709. The van der Waals surface area contributed by atoms with Crippen molar-refractivity contribution in [3.8, 4) is 0 Å². The minimum atomic E-state index is 0.393. The largest absolute Gasteiger partial charge is 0.388 e. The molecule has 3 nitrogen and oxygen atoms in total. The van der Waals surface area contributed by atoms with E-state index in [-0.39, 0.29) is 0 Å². The van der Waals surface area contributed by atoms with Gasteiger partial charge in [0.15, 0.2) is 0 Å². The zero-order valence-electron chi connectivity index (χ0n) is 12.1. The van der Waals surface area contributed by atoms with Gasteiger partial charge in [0.25, 0.3) is 0 Å². The molecule has 0 aromatic carbocycles. The van der Waals surface area contributed by atoms with Gasteiger partial charge in [-0.3, -0.25) is 0 Å². The van der Waals surface area contributed by atoms with E-state index in [1.165, 1.54) is 5.57 Å². The Morgan fingerprint density at radius 3 is 2.41 bits per heavy atom. The summed E-state index contributed by atoms with van der Waals surface area (Å²) in [6.07, 6.45) is 6.37. The number of hydrogen-bond donors (Lipinski definition) is 2. The van der Waals surface area contributed by atoms with Gasteiger partial charge in [-0.05, 0) is 6.42 Å². The van der Waals surface area contributed by atoms with Crippen molar-refractivity contribution < 1.29 is 0 Å². The summed E-state index contributed by atoms with van der Waals surface area (Å²) in [6, 6.07) is 0. The molecule has 98 valence electrons. The second-order valence-electron chi connectivity index (χ2n) is 3.75. The maximum absolute atomic E-state index is 4.44. The first-order chi connectivity index (χ1) is 8.22. The van der Waals surface area contributed by atoms with Crippen LogP contribution in [0.15, 0.2) is 28.2 Å². The number of nitrogens with one attached hydrogen (secondary N) is 2. The third-order valence-electron chi connectivity index (χ3n) is 2.73. The third kappa shape index (κ3) is 4.63. The topological polar surface area (TPSA) is 36.4 Å². The number of allylic oxidation sites excluding steroid dienone is 2. The highest BCUT2D eigenvalue weighted by Crippen LogP contribution is 2.19. The molecule has 0 saturated carbocycles. The van der Waals surface area contributed by atoms with Crippen LogP contribution in [0.25, 0.3) is 0 Å². The Bertz CT molecular complexity index is 301. The van der Waals surface area contributed by atoms with E-state index in [0.29, 0.717) is 5.92 Å². The Hall–Kier alpha value is -1.25.